The number of likely N-dealkylation sites (tertiary alicyclic amines) is 1. The Hall–Kier alpha value is -1.40. The van der Waals surface area contributed by atoms with Crippen molar-refractivity contribution in [3.8, 4) is 0 Å². The molecule has 0 atom stereocenters. The van der Waals surface area contributed by atoms with E-state index >= 15 is 0 Å². The van der Waals surface area contributed by atoms with Gasteiger partial charge in [0.25, 0.3) is 5.91 Å². The van der Waals surface area contributed by atoms with Crippen molar-refractivity contribution in [1.82, 2.24) is 5.32 Å². The summed E-state index contributed by atoms with van der Waals surface area (Å²) in [6.45, 7) is 4.52. The average molecular weight is 383 g/mol. The average Bonchev–Trinajstić information content (AvgIpc) is 2.77. The molecule has 0 spiro atoms. The van der Waals surface area contributed by atoms with E-state index in [0.29, 0.717) is 6.54 Å². The van der Waals surface area contributed by atoms with Crippen molar-refractivity contribution in [2.24, 2.45) is 0 Å². The van der Waals surface area contributed by atoms with Crippen molar-refractivity contribution in [2.75, 3.05) is 31.5 Å². The maximum absolute atomic E-state index is 12.0. The first-order valence-corrected chi connectivity index (χ1v) is 9.00. The molecule has 1 aromatic carbocycles. The minimum atomic E-state index is -0.199. The van der Waals surface area contributed by atoms with Gasteiger partial charge in [0.15, 0.2) is 6.54 Å². The van der Waals surface area contributed by atoms with Gasteiger partial charge in [-0.25, -0.2) is 0 Å². The summed E-state index contributed by atoms with van der Waals surface area (Å²) < 4.78 is 0.974. The third kappa shape index (κ3) is 6.31. The molecule has 0 aliphatic carbocycles. The molecule has 0 bridgehead atoms. The Morgan fingerprint density at radius 3 is 2.48 bits per heavy atom. The van der Waals surface area contributed by atoms with E-state index in [1.807, 2.05) is 25.1 Å². The van der Waals surface area contributed by atoms with Crippen molar-refractivity contribution in [3.63, 3.8) is 0 Å². The molecule has 0 radical (unpaired) electrons. The topological polar surface area (TPSA) is 62.6 Å². The Balaban J connectivity index is 1.73. The predicted molar refractivity (Wildman–Crippen MR) is 94.6 cm³/mol. The van der Waals surface area contributed by atoms with Gasteiger partial charge in [-0.05, 0) is 56.4 Å². The van der Waals surface area contributed by atoms with Crippen LogP contribution in [0.25, 0.3) is 0 Å². The number of quaternary nitrogens is 1. The highest BCUT2D eigenvalue weighted by Crippen LogP contribution is 2.19. The van der Waals surface area contributed by atoms with Crippen LogP contribution in [-0.2, 0) is 9.59 Å². The summed E-state index contributed by atoms with van der Waals surface area (Å²) in [7, 11) is 0. The van der Waals surface area contributed by atoms with Crippen LogP contribution in [0, 0.1) is 6.92 Å². The number of nitrogens with one attached hydrogen (secondary N) is 3. The number of halogens is 1. The zero-order chi connectivity index (χ0) is 16.7. The van der Waals surface area contributed by atoms with Crippen molar-refractivity contribution in [2.45, 2.75) is 32.6 Å². The molecule has 2 rings (SSSR count). The molecule has 3 N–H and O–H groups in total. The first-order chi connectivity index (χ1) is 11.0. The van der Waals surface area contributed by atoms with Crippen LogP contribution in [0.3, 0.4) is 0 Å². The lowest BCUT2D eigenvalue weighted by Gasteiger charge is -2.16. The molecule has 1 aliphatic rings. The number of hydrogen-bond donors (Lipinski definition) is 3. The van der Waals surface area contributed by atoms with Gasteiger partial charge >= 0.3 is 0 Å². The van der Waals surface area contributed by atoms with Crippen LogP contribution in [0.4, 0.5) is 5.69 Å². The van der Waals surface area contributed by atoms with E-state index in [-0.39, 0.29) is 18.4 Å². The maximum atomic E-state index is 12.0. The molecule has 23 heavy (non-hydrogen) atoms. The van der Waals surface area contributed by atoms with E-state index in [1.165, 1.54) is 30.6 Å². The van der Waals surface area contributed by atoms with Crippen LogP contribution in [0.5, 0.6) is 0 Å². The molecule has 0 saturated carbocycles. The van der Waals surface area contributed by atoms with Crippen LogP contribution >= 0.6 is 15.9 Å². The number of carbonyl (C=O) groups excluding carboxylic acids is 2. The van der Waals surface area contributed by atoms with E-state index in [9.17, 15) is 9.59 Å². The summed E-state index contributed by atoms with van der Waals surface area (Å²) in [5.41, 5.74) is 1.75. The van der Waals surface area contributed by atoms with Crippen molar-refractivity contribution in [3.05, 3.63) is 28.2 Å². The van der Waals surface area contributed by atoms with E-state index in [1.54, 1.807) is 0 Å². The van der Waals surface area contributed by atoms with Crippen molar-refractivity contribution in [1.29, 1.82) is 0 Å². The molecule has 0 unspecified atom stereocenters. The SMILES string of the molecule is Cc1cc(Br)ccc1NC(=O)CNC(=O)C[NH+]1CCCCCC1. The summed E-state index contributed by atoms with van der Waals surface area (Å²) in [4.78, 5) is 25.3. The monoisotopic (exact) mass is 382 g/mol. The van der Waals surface area contributed by atoms with Gasteiger partial charge in [-0.1, -0.05) is 15.9 Å². The summed E-state index contributed by atoms with van der Waals surface area (Å²) in [5, 5.41) is 5.55. The molecule has 1 heterocycles. The third-order valence-electron chi connectivity index (χ3n) is 4.13. The van der Waals surface area contributed by atoms with Gasteiger partial charge in [0.05, 0.1) is 19.6 Å². The number of amides is 2. The lowest BCUT2D eigenvalue weighted by Crippen LogP contribution is -3.13. The lowest BCUT2D eigenvalue weighted by molar-refractivity contribution is -0.891. The fourth-order valence-corrected chi connectivity index (χ4v) is 3.31. The summed E-state index contributed by atoms with van der Waals surface area (Å²) in [6.07, 6.45) is 4.90. The first kappa shape index (κ1) is 17.9. The summed E-state index contributed by atoms with van der Waals surface area (Å²) in [6, 6.07) is 5.67. The Labute approximate surface area is 145 Å². The van der Waals surface area contributed by atoms with Gasteiger partial charge < -0.3 is 15.5 Å². The van der Waals surface area contributed by atoms with Crippen LogP contribution in [0.15, 0.2) is 22.7 Å². The molecular formula is C17H25BrN3O2+. The molecule has 1 saturated heterocycles. The highest BCUT2D eigenvalue weighted by Gasteiger charge is 2.16. The highest BCUT2D eigenvalue weighted by atomic mass is 79.9. The van der Waals surface area contributed by atoms with E-state index < -0.39 is 0 Å². The second-order valence-electron chi connectivity index (χ2n) is 6.13. The van der Waals surface area contributed by atoms with E-state index in [0.717, 1.165) is 28.8 Å². The predicted octanol–water partition coefficient (Wildman–Crippen LogP) is 1.27. The smallest absolute Gasteiger partial charge is 0.275 e. The van der Waals surface area contributed by atoms with Crippen molar-refractivity contribution >= 4 is 33.4 Å². The molecule has 2 amide bonds. The zero-order valence-corrected chi connectivity index (χ0v) is 15.2. The normalized spacial score (nSPS) is 15.7. The molecule has 6 heteroatoms. The molecule has 0 aromatic heterocycles. The molecule has 1 aliphatic heterocycles. The number of hydrogen-bond acceptors (Lipinski definition) is 2. The Morgan fingerprint density at radius 1 is 1.13 bits per heavy atom. The number of anilines is 1. The van der Waals surface area contributed by atoms with Crippen LogP contribution in [0.2, 0.25) is 0 Å². The van der Waals surface area contributed by atoms with Gasteiger partial charge in [-0.2, -0.15) is 0 Å². The fourth-order valence-electron chi connectivity index (χ4n) is 2.84. The van der Waals surface area contributed by atoms with Crippen molar-refractivity contribution < 1.29 is 14.5 Å². The van der Waals surface area contributed by atoms with Crippen LogP contribution in [0.1, 0.15) is 31.2 Å². The molecular weight excluding hydrogens is 358 g/mol. The third-order valence-corrected chi connectivity index (χ3v) is 4.62. The number of carbonyl (C=O) groups is 2. The second kappa shape index (κ2) is 9.03. The van der Waals surface area contributed by atoms with Crippen LogP contribution in [-0.4, -0.2) is 38.0 Å². The quantitative estimate of drug-likeness (QED) is 0.717. The Bertz CT molecular complexity index is 555. The second-order valence-corrected chi connectivity index (χ2v) is 7.04. The lowest BCUT2D eigenvalue weighted by atomic mass is 10.2. The Morgan fingerprint density at radius 2 is 1.83 bits per heavy atom. The fraction of sp³-hybridized carbons (Fsp3) is 0.529. The highest BCUT2D eigenvalue weighted by molar-refractivity contribution is 9.10. The van der Waals surface area contributed by atoms with Gasteiger partial charge in [0.2, 0.25) is 5.91 Å². The number of aryl methyl sites for hydroxylation is 1. The standard InChI is InChI=1S/C17H24BrN3O2/c1-13-10-14(18)6-7-15(13)20-16(22)11-19-17(23)12-21-8-4-2-3-5-9-21/h6-7,10H,2-5,8-9,11-12H2,1H3,(H,19,23)(H,20,22)/p+1. The molecule has 1 aromatic rings. The number of rotatable bonds is 5. The zero-order valence-electron chi connectivity index (χ0n) is 13.6. The van der Waals surface area contributed by atoms with E-state index in [4.69, 9.17) is 0 Å². The van der Waals surface area contributed by atoms with Crippen LogP contribution < -0.4 is 15.5 Å². The van der Waals surface area contributed by atoms with E-state index in [2.05, 4.69) is 26.6 Å². The Kier molecular flexibility index (Phi) is 7.05. The van der Waals surface area contributed by atoms with Gasteiger partial charge in [0.1, 0.15) is 0 Å². The minimum absolute atomic E-state index is 0.0155. The van der Waals surface area contributed by atoms with Gasteiger partial charge in [-0.3, -0.25) is 9.59 Å². The first-order valence-electron chi connectivity index (χ1n) is 8.21. The summed E-state index contributed by atoms with van der Waals surface area (Å²) >= 11 is 3.39. The largest absolute Gasteiger partial charge is 0.342 e. The molecule has 1 fully saturated rings. The molecule has 126 valence electrons. The summed E-state index contributed by atoms with van der Waals surface area (Å²) in [5.74, 6) is -0.251. The van der Waals surface area contributed by atoms with Gasteiger partial charge in [-0.15, -0.1) is 0 Å². The maximum Gasteiger partial charge on any atom is 0.275 e. The minimum Gasteiger partial charge on any atom is -0.342 e. The number of benzene rings is 1. The molecule has 5 nitrogen and oxygen atoms in total. The van der Waals surface area contributed by atoms with Gasteiger partial charge in [0, 0.05) is 10.2 Å².